The summed E-state index contributed by atoms with van der Waals surface area (Å²) in [6.45, 7) is 0.718. The van der Waals surface area contributed by atoms with Gasteiger partial charge in [0, 0.05) is 17.3 Å². The molecule has 0 bridgehead atoms. The van der Waals surface area contributed by atoms with Gasteiger partial charge in [0.1, 0.15) is 18.1 Å². The lowest BCUT2D eigenvalue weighted by atomic mass is 10.2. The van der Waals surface area contributed by atoms with Crippen molar-refractivity contribution in [2.75, 3.05) is 30.0 Å². The molecule has 4 rings (SSSR count). The fourth-order valence-corrected chi connectivity index (χ4v) is 3.09. The number of ether oxygens (including phenoxy) is 2. The second-order valence-corrected chi connectivity index (χ2v) is 6.50. The molecule has 0 spiro atoms. The van der Waals surface area contributed by atoms with E-state index >= 15 is 0 Å². The van der Waals surface area contributed by atoms with Gasteiger partial charge in [-0.25, -0.2) is 0 Å². The molecule has 1 heterocycles. The molecule has 0 aliphatic carbocycles. The summed E-state index contributed by atoms with van der Waals surface area (Å²) in [4.78, 5) is 26.3. The third-order valence-corrected chi connectivity index (χ3v) is 4.52. The minimum atomic E-state index is -0.203. The molecule has 0 radical (unpaired) electrons. The summed E-state index contributed by atoms with van der Waals surface area (Å²) in [5, 5.41) is 2.85. The number of amides is 2. The Kier molecular flexibility index (Phi) is 5.42. The molecule has 0 unspecified atom stereocenters. The van der Waals surface area contributed by atoms with E-state index in [0.29, 0.717) is 35.8 Å². The van der Waals surface area contributed by atoms with Crippen LogP contribution in [0.4, 0.5) is 11.4 Å². The number of para-hydroxylation sites is 1. The number of carbonyl (C=O) groups is 2. The quantitative estimate of drug-likeness (QED) is 0.698. The van der Waals surface area contributed by atoms with Crippen LogP contribution in [0.5, 0.6) is 11.5 Å². The maximum Gasteiger partial charge on any atom is 0.265 e. The minimum Gasteiger partial charge on any atom is -0.492 e. The van der Waals surface area contributed by atoms with E-state index in [0.717, 1.165) is 5.75 Å². The molecule has 146 valence electrons. The summed E-state index contributed by atoms with van der Waals surface area (Å²) >= 11 is 0. The summed E-state index contributed by atoms with van der Waals surface area (Å²) in [6.07, 6.45) is 0. The molecule has 3 aromatic carbocycles. The molecule has 6 heteroatoms. The minimum absolute atomic E-state index is 0.0472. The molecule has 0 fully saturated rings. The van der Waals surface area contributed by atoms with Crippen molar-refractivity contribution >= 4 is 23.2 Å². The van der Waals surface area contributed by atoms with Crippen LogP contribution in [0, 0.1) is 0 Å². The number of hydrogen-bond acceptors (Lipinski definition) is 4. The number of benzene rings is 3. The average molecular weight is 388 g/mol. The van der Waals surface area contributed by atoms with Gasteiger partial charge < -0.3 is 19.7 Å². The van der Waals surface area contributed by atoms with Crippen LogP contribution >= 0.6 is 0 Å². The number of nitrogens with one attached hydrogen (secondary N) is 1. The van der Waals surface area contributed by atoms with Crippen LogP contribution in [0.1, 0.15) is 10.4 Å². The number of carbonyl (C=O) groups excluding carboxylic acids is 2. The molecule has 3 aromatic rings. The Labute approximate surface area is 168 Å². The normalized spacial score (nSPS) is 12.7. The molecule has 1 N–H and O–H groups in total. The monoisotopic (exact) mass is 388 g/mol. The first kappa shape index (κ1) is 18.6. The van der Waals surface area contributed by atoms with Crippen molar-refractivity contribution in [2.45, 2.75) is 0 Å². The van der Waals surface area contributed by atoms with Gasteiger partial charge in [0.05, 0.1) is 12.2 Å². The topological polar surface area (TPSA) is 67.9 Å². The predicted molar refractivity (Wildman–Crippen MR) is 111 cm³/mol. The highest BCUT2D eigenvalue weighted by atomic mass is 16.5. The van der Waals surface area contributed by atoms with Crippen molar-refractivity contribution in [3.05, 3.63) is 84.4 Å². The van der Waals surface area contributed by atoms with Crippen LogP contribution in [0.15, 0.2) is 78.9 Å². The number of rotatable bonds is 6. The van der Waals surface area contributed by atoms with Crippen molar-refractivity contribution in [1.82, 2.24) is 0 Å². The molecular formula is C23H20N2O4. The van der Waals surface area contributed by atoms with E-state index in [-0.39, 0.29) is 18.4 Å². The Bertz CT molecular complexity index is 1010. The Balaban J connectivity index is 1.44. The van der Waals surface area contributed by atoms with E-state index in [1.807, 2.05) is 48.5 Å². The molecule has 2 amide bonds. The third-order valence-electron chi connectivity index (χ3n) is 4.52. The van der Waals surface area contributed by atoms with Crippen LogP contribution < -0.4 is 19.7 Å². The van der Waals surface area contributed by atoms with Gasteiger partial charge in [0.15, 0.2) is 6.61 Å². The summed E-state index contributed by atoms with van der Waals surface area (Å²) in [7, 11) is 0. The molecular weight excluding hydrogens is 368 g/mol. The van der Waals surface area contributed by atoms with Crippen molar-refractivity contribution in [3.63, 3.8) is 0 Å². The van der Waals surface area contributed by atoms with Crippen molar-refractivity contribution in [2.24, 2.45) is 0 Å². The Morgan fingerprint density at radius 1 is 1.00 bits per heavy atom. The first-order chi connectivity index (χ1) is 14.2. The van der Waals surface area contributed by atoms with Gasteiger partial charge in [-0.1, -0.05) is 36.4 Å². The first-order valence-electron chi connectivity index (χ1n) is 9.32. The zero-order valence-electron chi connectivity index (χ0n) is 15.7. The van der Waals surface area contributed by atoms with Crippen molar-refractivity contribution in [3.8, 4) is 11.5 Å². The average Bonchev–Trinajstić information content (AvgIpc) is 2.76. The molecule has 1 aliphatic rings. The lowest BCUT2D eigenvalue weighted by Crippen LogP contribution is -2.41. The van der Waals surface area contributed by atoms with Crippen LogP contribution in [0.25, 0.3) is 0 Å². The second-order valence-electron chi connectivity index (χ2n) is 6.50. The summed E-state index contributed by atoms with van der Waals surface area (Å²) in [5.41, 5.74) is 1.84. The highest BCUT2D eigenvalue weighted by Crippen LogP contribution is 2.34. The number of fused-ring (bicyclic) bond motifs is 1. The molecule has 6 nitrogen and oxygen atoms in total. The summed E-state index contributed by atoms with van der Waals surface area (Å²) < 4.78 is 11.3. The van der Waals surface area contributed by atoms with Crippen LogP contribution in [0.2, 0.25) is 0 Å². The Morgan fingerprint density at radius 2 is 1.72 bits per heavy atom. The van der Waals surface area contributed by atoms with E-state index in [9.17, 15) is 9.59 Å². The number of hydrogen-bond donors (Lipinski definition) is 1. The zero-order valence-corrected chi connectivity index (χ0v) is 15.7. The fraction of sp³-hybridized carbons (Fsp3) is 0.130. The summed E-state index contributed by atoms with van der Waals surface area (Å²) in [6, 6.07) is 23.7. The second kappa shape index (κ2) is 8.48. The Hall–Kier alpha value is -3.80. The van der Waals surface area contributed by atoms with Crippen LogP contribution in [-0.4, -0.2) is 31.6 Å². The summed E-state index contributed by atoms with van der Waals surface area (Å²) in [5.74, 6) is 0.975. The number of anilines is 2. The van der Waals surface area contributed by atoms with Gasteiger partial charge in [-0.2, -0.15) is 0 Å². The standard InChI is InChI=1S/C23H20N2O4/c26-22-16-29-21-15-18(24-23(27)17-7-3-1-4-8-17)11-12-20(21)25(22)13-14-28-19-9-5-2-6-10-19/h1-12,15H,13-14,16H2,(H,24,27). The first-order valence-corrected chi connectivity index (χ1v) is 9.32. The van der Waals surface area contributed by atoms with E-state index in [2.05, 4.69) is 5.32 Å². The van der Waals surface area contributed by atoms with E-state index in [1.54, 1.807) is 35.2 Å². The van der Waals surface area contributed by atoms with E-state index in [4.69, 9.17) is 9.47 Å². The van der Waals surface area contributed by atoms with Gasteiger partial charge in [-0.05, 0) is 36.4 Å². The van der Waals surface area contributed by atoms with Crippen molar-refractivity contribution < 1.29 is 19.1 Å². The smallest absolute Gasteiger partial charge is 0.265 e. The SMILES string of the molecule is O=C(Nc1ccc2c(c1)OCC(=O)N2CCOc1ccccc1)c1ccccc1. The lowest BCUT2D eigenvalue weighted by molar-refractivity contribution is -0.121. The maximum absolute atomic E-state index is 12.3. The van der Waals surface area contributed by atoms with Crippen LogP contribution in [0.3, 0.4) is 0 Å². The van der Waals surface area contributed by atoms with Gasteiger partial charge in [-0.3, -0.25) is 9.59 Å². The van der Waals surface area contributed by atoms with Gasteiger partial charge in [-0.15, -0.1) is 0 Å². The molecule has 29 heavy (non-hydrogen) atoms. The Morgan fingerprint density at radius 3 is 2.48 bits per heavy atom. The molecule has 0 saturated heterocycles. The molecule has 0 atom stereocenters. The zero-order chi connectivity index (χ0) is 20.1. The maximum atomic E-state index is 12.3. The molecule has 0 saturated carbocycles. The van der Waals surface area contributed by atoms with Crippen LogP contribution in [-0.2, 0) is 4.79 Å². The molecule has 1 aliphatic heterocycles. The predicted octanol–water partition coefficient (Wildman–Crippen LogP) is 3.74. The lowest BCUT2D eigenvalue weighted by Gasteiger charge is -2.29. The third kappa shape index (κ3) is 4.38. The number of nitrogens with zero attached hydrogens (tertiary/aromatic N) is 1. The van der Waals surface area contributed by atoms with Crippen molar-refractivity contribution in [1.29, 1.82) is 0 Å². The fourth-order valence-electron chi connectivity index (χ4n) is 3.09. The molecule has 0 aromatic heterocycles. The largest absolute Gasteiger partial charge is 0.492 e. The van der Waals surface area contributed by atoms with Gasteiger partial charge in [0.25, 0.3) is 11.8 Å². The van der Waals surface area contributed by atoms with Gasteiger partial charge >= 0.3 is 0 Å². The van der Waals surface area contributed by atoms with Gasteiger partial charge in [0.2, 0.25) is 0 Å². The van der Waals surface area contributed by atoms with E-state index in [1.165, 1.54) is 0 Å². The highest BCUT2D eigenvalue weighted by molar-refractivity contribution is 6.05. The highest BCUT2D eigenvalue weighted by Gasteiger charge is 2.25. The van der Waals surface area contributed by atoms with E-state index < -0.39 is 0 Å².